The maximum atomic E-state index is 12.1. The van der Waals surface area contributed by atoms with Crippen molar-refractivity contribution in [2.45, 2.75) is 6.92 Å². The van der Waals surface area contributed by atoms with E-state index in [1.54, 1.807) is 18.2 Å². The van der Waals surface area contributed by atoms with Crippen LogP contribution in [0.15, 0.2) is 30.3 Å². The van der Waals surface area contributed by atoms with Gasteiger partial charge in [0, 0.05) is 8.59 Å². The second-order valence-corrected chi connectivity index (χ2v) is 6.71. The maximum Gasteiger partial charge on any atom is 0.258 e. The van der Waals surface area contributed by atoms with E-state index in [1.807, 2.05) is 13.0 Å². The molecule has 1 heterocycles. The molecule has 4 nitrogen and oxygen atoms in total. The lowest BCUT2D eigenvalue weighted by atomic mass is 10.2. The average molecular weight is 466 g/mol. The molecule has 1 amide bonds. The second kappa shape index (κ2) is 7.54. The number of anilines is 1. The molecule has 8 heteroatoms. The van der Waals surface area contributed by atoms with Gasteiger partial charge in [-0.15, -0.1) is 0 Å². The van der Waals surface area contributed by atoms with Crippen LogP contribution in [-0.2, 0) is 0 Å². The van der Waals surface area contributed by atoms with Crippen LogP contribution in [0, 0.1) is 10.5 Å². The van der Waals surface area contributed by atoms with Gasteiger partial charge < -0.3 is 5.32 Å². The van der Waals surface area contributed by atoms with Gasteiger partial charge in [0.15, 0.2) is 5.11 Å². The average Bonchev–Trinajstić information content (AvgIpc) is 2.45. The minimum absolute atomic E-state index is 0.133. The summed E-state index contributed by atoms with van der Waals surface area (Å²) in [6.07, 6.45) is 0. The van der Waals surface area contributed by atoms with E-state index in [2.05, 4.69) is 38.2 Å². The monoisotopic (exact) mass is 465 g/mol. The molecule has 2 aromatic rings. The van der Waals surface area contributed by atoms with Crippen molar-refractivity contribution in [2.24, 2.45) is 0 Å². The quantitative estimate of drug-likeness (QED) is 0.509. The van der Waals surface area contributed by atoms with Crippen molar-refractivity contribution in [3.05, 3.63) is 55.2 Å². The molecule has 2 N–H and O–H groups in total. The van der Waals surface area contributed by atoms with E-state index >= 15 is 0 Å². The number of nitrogens with one attached hydrogen (secondary N) is 2. The Morgan fingerprint density at radius 2 is 2.00 bits per heavy atom. The van der Waals surface area contributed by atoms with Crippen LogP contribution in [0.1, 0.15) is 16.1 Å². The highest BCUT2D eigenvalue weighted by Gasteiger charge is 2.13. The van der Waals surface area contributed by atoms with Crippen LogP contribution in [-0.4, -0.2) is 16.0 Å². The maximum absolute atomic E-state index is 12.1. The minimum atomic E-state index is -0.438. The number of carbonyl (C=O) groups is 1. The molecular weight excluding hydrogens is 456 g/mol. The van der Waals surface area contributed by atoms with Crippen LogP contribution in [0.2, 0.25) is 10.0 Å². The summed E-state index contributed by atoms with van der Waals surface area (Å²) in [7, 11) is 0. The summed E-state index contributed by atoms with van der Waals surface area (Å²) in [6.45, 7) is 1.89. The third-order valence-electron chi connectivity index (χ3n) is 2.66. The van der Waals surface area contributed by atoms with Gasteiger partial charge in [0.25, 0.3) is 5.91 Å². The molecule has 0 radical (unpaired) electrons. The SMILES string of the molecule is Cc1nc(NC(=S)NC(=O)c2cc(Cl)ccc2Cl)ccc1I. The molecule has 1 aromatic carbocycles. The Hall–Kier alpha value is -0.960. The number of nitrogens with zero attached hydrogens (tertiary/aromatic N) is 1. The Labute approximate surface area is 156 Å². The highest BCUT2D eigenvalue weighted by Crippen LogP contribution is 2.20. The Morgan fingerprint density at radius 1 is 1.27 bits per heavy atom. The van der Waals surface area contributed by atoms with Crippen molar-refractivity contribution in [3.8, 4) is 0 Å². The summed E-state index contributed by atoms with van der Waals surface area (Å²) in [5.74, 6) is 0.118. The van der Waals surface area contributed by atoms with Gasteiger partial charge in [-0.2, -0.15) is 0 Å². The summed E-state index contributed by atoms with van der Waals surface area (Å²) < 4.78 is 1.05. The number of thiocarbonyl (C=S) groups is 1. The first-order valence-electron chi connectivity index (χ1n) is 6.07. The molecular formula is C14H10Cl2IN3OS. The van der Waals surface area contributed by atoms with Gasteiger partial charge in [0.2, 0.25) is 0 Å². The molecule has 0 atom stereocenters. The molecule has 0 unspecified atom stereocenters. The van der Waals surface area contributed by atoms with E-state index in [-0.39, 0.29) is 10.7 Å². The number of halogens is 3. The van der Waals surface area contributed by atoms with Crippen molar-refractivity contribution < 1.29 is 4.79 Å². The fraction of sp³-hybridized carbons (Fsp3) is 0.0714. The van der Waals surface area contributed by atoms with Gasteiger partial charge in [-0.3, -0.25) is 10.1 Å². The smallest absolute Gasteiger partial charge is 0.258 e. The first kappa shape index (κ1) is 17.4. The molecule has 0 bridgehead atoms. The molecule has 0 spiro atoms. The third-order valence-corrected chi connectivity index (χ3v) is 4.57. The molecule has 0 fully saturated rings. The lowest BCUT2D eigenvalue weighted by Crippen LogP contribution is -2.34. The number of amides is 1. The summed E-state index contributed by atoms with van der Waals surface area (Å²) >= 11 is 19.1. The van der Waals surface area contributed by atoms with Gasteiger partial charge in [0.1, 0.15) is 5.82 Å². The van der Waals surface area contributed by atoms with Crippen LogP contribution < -0.4 is 10.6 Å². The number of pyridine rings is 1. The van der Waals surface area contributed by atoms with E-state index < -0.39 is 5.91 Å². The first-order chi connectivity index (χ1) is 10.4. The number of hydrogen-bond donors (Lipinski definition) is 2. The van der Waals surface area contributed by atoms with E-state index in [9.17, 15) is 4.79 Å². The van der Waals surface area contributed by atoms with E-state index in [4.69, 9.17) is 35.4 Å². The van der Waals surface area contributed by atoms with Crippen LogP contribution in [0.5, 0.6) is 0 Å². The summed E-state index contributed by atoms with van der Waals surface area (Å²) in [5, 5.41) is 6.25. The minimum Gasteiger partial charge on any atom is -0.317 e. The Kier molecular flexibility index (Phi) is 5.96. The van der Waals surface area contributed by atoms with E-state index in [1.165, 1.54) is 6.07 Å². The molecule has 2 rings (SSSR count). The molecule has 0 saturated heterocycles. The fourth-order valence-electron chi connectivity index (χ4n) is 1.60. The van der Waals surface area contributed by atoms with Gasteiger partial charge in [-0.05, 0) is 72.1 Å². The zero-order chi connectivity index (χ0) is 16.3. The van der Waals surface area contributed by atoms with Gasteiger partial charge in [-0.1, -0.05) is 23.2 Å². The summed E-state index contributed by atoms with van der Waals surface area (Å²) in [6, 6.07) is 8.33. The lowest BCUT2D eigenvalue weighted by molar-refractivity contribution is 0.0978. The summed E-state index contributed by atoms with van der Waals surface area (Å²) in [5.41, 5.74) is 1.13. The molecule has 0 aliphatic heterocycles. The highest BCUT2D eigenvalue weighted by molar-refractivity contribution is 14.1. The highest BCUT2D eigenvalue weighted by atomic mass is 127. The van der Waals surface area contributed by atoms with Crippen molar-refractivity contribution in [1.82, 2.24) is 10.3 Å². The normalized spacial score (nSPS) is 10.2. The molecule has 114 valence electrons. The lowest BCUT2D eigenvalue weighted by Gasteiger charge is -2.10. The second-order valence-electron chi connectivity index (χ2n) is 4.30. The van der Waals surface area contributed by atoms with Gasteiger partial charge >= 0.3 is 0 Å². The van der Waals surface area contributed by atoms with Gasteiger partial charge in [-0.25, -0.2) is 4.98 Å². The molecule has 0 aliphatic rings. The van der Waals surface area contributed by atoms with Crippen molar-refractivity contribution in [2.75, 3.05) is 5.32 Å². The molecule has 0 aliphatic carbocycles. The number of rotatable bonds is 2. The third kappa shape index (κ3) is 4.52. The summed E-state index contributed by atoms with van der Waals surface area (Å²) in [4.78, 5) is 16.5. The predicted molar refractivity (Wildman–Crippen MR) is 102 cm³/mol. The molecule has 0 saturated carbocycles. The predicted octanol–water partition coefficient (Wildman–Crippen LogP) is 4.43. The van der Waals surface area contributed by atoms with Crippen LogP contribution >= 0.6 is 58.0 Å². The zero-order valence-corrected chi connectivity index (χ0v) is 15.8. The number of hydrogen-bond acceptors (Lipinski definition) is 3. The van der Waals surface area contributed by atoms with E-state index in [0.717, 1.165) is 9.26 Å². The van der Waals surface area contributed by atoms with Crippen molar-refractivity contribution >= 4 is 74.8 Å². The molecule has 22 heavy (non-hydrogen) atoms. The number of aromatic nitrogens is 1. The number of aryl methyl sites for hydroxylation is 1. The van der Waals surface area contributed by atoms with E-state index in [0.29, 0.717) is 15.9 Å². The van der Waals surface area contributed by atoms with Crippen LogP contribution in [0.4, 0.5) is 5.82 Å². The fourth-order valence-corrected chi connectivity index (χ4v) is 2.48. The first-order valence-corrected chi connectivity index (χ1v) is 8.31. The van der Waals surface area contributed by atoms with Crippen molar-refractivity contribution in [1.29, 1.82) is 0 Å². The Balaban J connectivity index is 2.06. The number of carbonyl (C=O) groups excluding carboxylic acids is 1. The topological polar surface area (TPSA) is 54.0 Å². The Morgan fingerprint density at radius 3 is 2.68 bits per heavy atom. The van der Waals surface area contributed by atoms with Crippen molar-refractivity contribution in [3.63, 3.8) is 0 Å². The molecule has 1 aromatic heterocycles. The number of benzene rings is 1. The Bertz CT molecular complexity index is 755. The standard InChI is InChI=1S/C14H10Cl2IN3OS/c1-7-11(17)4-5-12(18-7)19-14(22)20-13(21)9-6-8(15)2-3-10(9)16/h2-6H,1H3,(H2,18,19,20,21,22). The zero-order valence-electron chi connectivity index (χ0n) is 11.3. The largest absolute Gasteiger partial charge is 0.317 e. The van der Waals surface area contributed by atoms with Crippen LogP contribution in [0.25, 0.3) is 0 Å². The van der Waals surface area contributed by atoms with Crippen LogP contribution in [0.3, 0.4) is 0 Å². The van der Waals surface area contributed by atoms with Gasteiger partial charge in [0.05, 0.1) is 16.3 Å².